The molecule has 2 aromatic rings. The molecule has 0 saturated carbocycles. The predicted molar refractivity (Wildman–Crippen MR) is 65.7 cm³/mol. The standard InChI is InChI=1S/C15H17N/c1-13(2)11-16-10-6-9-15(12-16)14-7-4-3-5-8-14/h3-10,13H,11H2,1-2H3. The summed E-state index contributed by atoms with van der Waals surface area (Å²) in [4.78, 5) is 0. The van der Waals surface area contributed by atoms with Gasteiger partial charge in [-0.05, 0) is 0 Å². The number of rotatable bonds is 3. The van der Waals surface area contributed by atoms with Crippen LogP contribution in [0.1, 0.15) is 13.8 Å². The molecule has 0 aliphatic rings. The number of aromatic nitrogens is 1. The second-order valence-electron chi connectivity index (χ2n) is 4.45. The first-order valence-electron chi connectivity index (χ1n) is 5.73. The Balaban J connectivity index is 2.29. The van der Waals surface area contributed by atoms with Crippen LogP contribution in [-0.4, -0.2) is 0 Å². The molecule has 0 bridgehead atoms. The quantitative estimate of drug-likeness (QED) is 0.542. The third-order valence-electron chi connectivity index (χ3n) is 2.44. The van der Waals surface area contributed by atoms with Gasteiger partial charge in [0.25, 0.3) is 0 Å². The maximum Gasteiger partial charge on any atom is 0.153 e. The van der Waals surface area contributed by atoms with E-state index < -0.39 is 0 Å². The van der Waals surface area contributed by atoms with Gasteiger partial charge in [0.1, 0.15) is 6.54 Å². The van der Waals surface area contributed by atoms with Crippen molar-refractivity contribution >= 4 is 0 Å². The van der Waals surface area contributed by atoms with E-state index in [1.807, 2.05) is 6.07 Å². The van der Waals surface area contributed by atoms with Gasteiger partial charge >= 0.3 is 0 Å². The summed E-state index contributed by atoms with van der Waals surface area (Å²) < 4.78 is 2.13. The summed E-state index contributed by atoms with van der Waals surface area (Å²) in [5.74, 6) is 0.646. The van der Waals surface area contributed by atoms with Crippen LogP contribution in [0.3, 0.4) is 0 Å². The highest BCUT2D eigenvalue weighted by Crippen LogP contribution is 2.15. The molecule has 0 aliphatic carbocycles. The van der Waals surface area contributed by atoms with Crippen LogP contribution in [0.15, 0.2) is 48.7 Å². The molecule has 0 N–H and O–H groups in total. The molecule has 0 saturated heterocycles. The van der Waals surface area contributed by atoms with Gasteiger partial charge in [0.15, 0.2) is 6.20 Å². The molecular formula is C15H17N. The minimum atomic E-state index is 0.646. The fraction of sp³-hybridized carbons (Fsp3) is 0.267. The van der Waals surface area contributed by atoms with Crippen LogP contribution in [0.25, 0.3) is 11.1 Å². The van der Waals surface area contributed by atoms with Crippen molar-refractivity contribution in [2.45, 2.75) is 20.4 Å². The van der Waals surface area contributed by atoms with Gasteiger partial charge < -0.3 is 0 Å². The van der Waals surface area contributed by atoms with Gasteiger partial charge in [0.2, 0.25) is 0 Å². The summed E-state index contributed by atoms with van der Waals surface area (Å²) in [6, 6.07) is 14.6. The fourth-order valence-electron chi connectivity index (χ4n) is 1.75. The smallest absolute Gasteiger partial charge is 0.153 e. The summed E-state index contributed by atoms with van der Waals surface area (Å²) >= 11 is 0. The van der Waals surface area contributed by atoms with E-state index in [0.717, 1.165) is 12.1 Å². The summed E-state index contributed by atoms with van der Waals surface area (Å²) in [6.45, 7) is 5.45. The third kappa shape index (κ3) is 2.69. The normalized spacial score (nSPS) is 10.7. The van der Waals surface area contributed by atoms with Crippen molar-refractivity contribution in [2.24, 2.45) is 5.92 Å². The first-order valence-corrected chi connectivity index (χ1v) is 5.73. The lowest BCUT2D eigenvalue weighted by Gasteiger charge is -2.08. The van der Waals surface area contributed by atoms with Crippen LogP contribution in [0, 0.1) is 12.1 Å². The zero-order chi connectivity index (χ0) is 11.4. The van der Waals surface area contributed by atoms with Crippen LogP contribution < -0.4 is 4.57 Å². The zero-order valence-corrected chi connectivity index (χ0v) is 9.85. The van der Waals surface area contributed by atoms with E-state index in [9.17, 15) is 0 Å². The molecule has 1 heteroatoms. The van der Waals surface area contributed by atoms with Gasteiger partial charge in [-0.25, -0.2) is 0 Å². The minimum absolute atomic E-state index is 0.646. The zero-order valence-electron chi connectivity index (χ0n) is 9.85. The lowest BCUT2D eigenvalue weighted by Crippen LogP contribution is -2.36. The summed E-state index contributed by atoms with van der Waals surface area (Å²) in [5, 5.41) is 0. The Kier molecular flexibility index (Phi) is 3.35. The summed E-state index contributed by atoms with van der Waals surface area (Å²) in [7, 11) is 0. The summed E-state index contributed by atoms with van der Waals surface area (Å²) in [5.41, 5.74) is 2.38. The van der Waals surface area contributed by atoms with E-state index in [-0.39, 0.29) is 0 Å². The minimum Gasteiger partial charge on any atom is -0.281 e. The molecule has 16 heavy (non-hydrogen) atoms. The topological polar surface area (TPSA) is 3.88 Å². The maximum absolute atomic E-state index is 3.41. The van der Waals surface area contributed by atoms with Crippen molar-refractivity contribution in [3.05, 3.63) is 54.9 Å². The van der Waals surface area contributed by atoms with Gasteiger partial charge in [-0.3, -0.25) is 4.57 Å². The van der Waals surface area contributed by atoms with Crippen molar-refractivity contribution in [1.29, 1.82) is 0 Å². The van der Waals surface area contributed by atoms with Crippen molar-refractivity contribution in [1.82, 2.24) is 0 Å². The SMILES string of the molecule is CC(C)C[n+]1[c-]c(-c2ccccc2)ccc1. The number of hydrogen-bond acceptors (Lipinski definition) is 0. The average Bonchev–Trinajstić information content (AvgIpc) is 2.30. The molecule has 0 spiro atoms. The molecule has 1 aromatic carbocycles. The molecular weight excluding hydrogens is 194 g/mol. The maximum atomic E-state index is 3.41. The van der Waals surface area contributed by atoms with Gasteiger partial charge in [-0.15, -0.1) is 6.07 Å². The van der Waals surface area contributed by atoms with Crippen LogP contribution in [-0.2, 0) is 6.54 Å². The molecule has 0 amide bonds. The Morgan fingerprint density at radius 3 is 2.50 bits per heavy atom. The average molecular weight is 211 g/mol. The molecule has 0 aliphatic heterocycles. The number of nitrogens with zero attached hydrogens (tertiary/aromatic N) is 1. The molecule has 0 atom stereocenters. The fourth-order valence-corrected chi connectivity index (χ4v) is 1.75. The molecule has 0 fully saturated rings. The van der Waals surface area contributed by atoms with Crippen LogP contribution >= 0.6 is 0 Å². The van der Waals surface area contributed by atoms with Crippen molar-refractivity contribution in [2.75, 3.05) is 0 Å². The first-order chi connectivity index (χ1) is 7.75. The molecule has 1 aromatic heterocycles. The monoisotopic (exact) mass is 211 g/mol. The number of benzene rings is 1. The van der Waals surface area contributed by atoms with E-state index in [1.165, 1.54) is 5.56 Å². The Labute approximate surface area is 97.4 Å². The highest BCUT2D eigenvalue weighted by molar-refractivity contribution is 5.60. The highest BCUT2D eigenvalue weighted by Gasteiger charge is 2.01. The van der Waals surface area contributed by atoms with Crippen LogP contribution in [0.5, 0.6) is 0 Å². The van der Waals surface area contributed by atoms with Gasteiger partial charge in [0, 0.05) is 5.92 Å². The molecule has 0 radical (unpaired) electrons. The lowest BCUT2D eigenvalue weighted by atomic mass is 10.1. The van der Waals surface area contributed by atoms with E-state index in [0.29, 0.717) is 5.92 Å². The van der Waals surface area contributed by atoms with Crippen molar-refractivity contribution in [3.8, 4) is 11.1 Å². The Morgan fingerprint density at radius 2 is 1.81 bits per heavy atom. The van der Waals surface area contributed by atoms with Gasteiger partial charge in [-0.1, -0.05) is 61.4 Å². The Hall–Kier alpha value is -1.63. The second-order valence-corrected chi connectivity index (χ2v) is 4.45. The van der Waals surface area contributed by atoms with E-state index in [2.05, 4.69) is 67.2 Å². The largest absolute Gasteiger partial charge is 0.281 e. The number of pyridine rings is 1. The van der Waals surface area contributed by atoms with Crippen LogP contribution in [0.2, 0.25) is 0 Å². The second kappa shape index (κ2) is 4.93. The lowest BCUT2D eigenvalue weighted by molar-refractivity contribution is -0.705. The molecule has 2 rings (SSSR count). The molecule has 82 valence electrons. The van der Waals surface area contributed by atoms with Crippen molar-refractivity contribution in [3.63, 3.8) is 0 Å². The molecule has 1 nitrogen and oxygen atoms in total. The predicted octanol–water partition coefficient (Wildman–Crippen LogP) is 3.10. The van der Waals surface area contributed by atoms with Crippen molar-refractivity contribution < 1.29 is 4.57 Å². The first kappa shape index (κ1) is 10.9. The van der Waals surface area contributed by atoms with Gasteiger partial charge in [-0.2, -0.15) is 0 Å². The third-order valence-corrected chi connectivity index (χ3v) is 2.44. The summed E-state index contributed by atoms with van der Waals surface area (Å²) in [6.07, 6.45) is 5.48. The molecule has 1 heterocycles. The van der Waals surface area contributed by atoms with E-state index in [4.69, 9.17) is 0 Å². The number of hydrogen-bond donors (Lipinski definition) is 0. The van der Waals surface area contributed by atoms with E-state index in [1.54, 1.807) is 0 Å². The molecule has 0 unspecified atom stereocenters. The Bertz CT molecular complexity index is 446. The Morgan fingerprint density at radius 1 is 1.06 bits per heavy atom. The highest BCUT2D eigenvalue weighted by atomic mass is 14.9. The van der Waals surface area contributed by atoms with Gasteiger partial charge in [0.05, 0.1) is 6.20 Å². The van der Waals surface area contributed by atoms with E-state index >= 15 is 0 Å². The van der Waals surface area contributed by atoms with Crippen LogP contribution in [0.4, 0.5) is 0 Å².